The third-order valence-corrected chi connectivity index (χ3v) is 6.84. The summed E-state index contributed by atoms with van der Waals surface area (Å²) in [5, 5.41) is 0. The standard InChI is InChI=1S/C18H19FN4O2S/c19-12-8-4-5-9-13(12)26(24,25)17-16-15(23-18(17)20)14(21-10-22-16)11-6-2-1-3-7-11/h4-5,8-11,23H,1-3,6-7,20H2. The van der Waals surface area contributed by atoms with Gasteiger partial charge in [-0.1, -0.05) is 31.4 Å². The maximum Gasteiger partial charge on any atom is 0.215 e. The largest absolute Gasteiger partial charge is 0.384 e. The molecule has 3 aromatic rings. The molecule has 4 rings (SSSR count). The minimum absolute atomic E-state index is 0.0409. The van der Waals surface area contributed by atoms with E-state index in [1.165, 1.54) is 30.9 Å². The zero-order valence-electron chi connectivity index (χ0n) is 14.1. The molecule has 1 saturated carbocycles. The predicted molar refractivity (Wildman–Crippen MR) is 96.0 cm³/mol. The van der Waals surface area contributed by atoms with Crippen molar-refractivity contribution in [1.29, 1.82) is 0 Å². The first-order valence-corrected chi connectivity index (χ1v) is 10.1. The number of sulfone groups is 1. The van der Waals surface area contributed by atoms with Crippen LogP contribution in [0.25, 0.3) is 11.0 Å². The molecule has 1 aromatic carbocycles. The number of anilines is 1. The summed E-state index contributed by atoms with van der Waals surface area (Å²) >= 11 is 0. The van der Waals surface area contributed by atoms with E-state index in [1.807, 2.05) is 0 Å². The van der Waals surface area contributed by atoms with Crippen molar-refractivity contribution in [2.75, 3.05) is 5.73 Å². The Morgan fingerprint density at radius 2 is 1.85 bits per heavy atom. The van der Waals surface area contributed by atoms with Crippen molar-refractivity contribution in [2.45, 2.75) is 47.8 Å². The van der Waals surface area contributed by atoms with Crippen LogP contribution in [0.1, 0.15) is 43.7 Å². The van der Waals surface area contributed by atoms with Crippen molar-refractivity contribution >= 4 is 26.7 Å². The minimum atomic E-state index is -4.15. The van der Waals surface area contributed by atoms with E-state index in [2.05, 4.69) is 15.0 Å². The summed E-state index contributed by atoms with van der Waals surface area (Å²) in [6.45, 7) is 0. The van der Waals surface area contributed by atoms with Crippen LogP contribution in [0, 0.1) is 5.82 Å². The van der Waals surface area contributed by atoms with Gasteiger partial charge in [-0.2, -0.15) is 0 Å². The number of aromatic amines is 1. The van der Waals surface area contributed by atoms with E-state index in [0.717, 1.165) is 37.4 Å². The van der Waals surface area contributed by atoms with Gasteiger partial charge in [0, 0.05) is 5.92 Å². The second-order valence-electron chi connectivity index (χ2n) is 6.62. The zero-order valence-corrected chi connectivity index (χ0v) is 14.9. The van der Waals surface area contributed by atoms with E-state index in [1.54, 1.807) is 0 Å². The predicted octanol–water partition coefficient (Wildman–Crippen LogP) is 3.56. The van der Waals surface area contributed by atoms with E-state index >= 15 is 0 Å². The summed E-state index contributed by atoms with van der Waals surface area (Å²) in [5.41, 5.74) is 7.55. The number of aromatic nitrogens is 3. The Hall–Kier alpha value is -2.48. The lowest BCUT2D eigenvalue weighted by Gasteiger charge is -2.21. The van der Waals surface area contributed by atoms with Crippen LogP contribution in [0.15, 0.2) is 40.4 Å². The smallest absolute Gasteiger partial charge is 0.215 e. The summed E-state index contributed by atoms with van der Waals surface area (Å²) in [7, 11) is -4.15. The third-order valence-electron chi connectivity index (χ3n) is 4.98. The number of hydrogen-bond donors (Lipinski definition) is 2. The fourth-order valence-electron chi connectivity index (χ4n) is 3.74. The van der Waals surface area contributed by atoms with Gasteiger partial charge in [-0.25, -0.2) is 22.8 Å². The van der Waals surface area contributed by atoms with Gasteiger partial charge in [0.25, 0.3) is 0 Å². The summed E-state index contributed by atoms with van der Waals surface area (Å²) in [5.74, 6) is -0.611. The van der Waals surface area contributed by atoms with Crippen LogP contribution in [0.5, 0.6) is 0 Å². The Kier molecular flexibility index (Phi) is 4.14. The van der Waals surface area contributed by atoms with E-state index < -0.39 is 20.5 Å². The van der Waals surface area contributed by atoms with Crippen molar-refractivity contribution in [2.24, 2.45) is 0 Å². The fraction of sp³-hybridized carbons (Fsp3) is 0.333. The molecule has 1 aliphatic carbocycles. The molecular weight excluding hydrogens is 355 g/mol. The highest BCUT2D eigenvalue weighted by molar-refractivity contribution is 7.92. The van der Waals surface area contributed by atoms with Crippen molar-refractivity contribution in [1.82, 2.24) is 15.0 Å². The van der Waals surface area contributed by atoms with Crippen LogP contribution in [-0.2, 0) is 9.84 Å². The van der Waals surface area contributed by atoms with Crippen LogP contribution >= 0.6 is 0 Å². The van der Waals surface area contributed by atoms with Gasteiger partial charge in [0.15, 0.2) is 0 Å². The molecule has 2 heterocycles. The first-order valence-electron chi connectivity index (χ1n) is 8.62. The van der Waals surface area contributed by atoms with Gasteiger partial charge in [0.2, 0.25) is 9.84 Å². The second-order valence-corrected chi connectivity index (χ2v) is 8.47. The number of rotatable bonds is 3. The number of H-pyrrole nitrogens is 1. The number of nitrogens with one attached hydrogen (secondary N) is 1. The van der Waals surface area contributed by atoms with Crippen molar-refractivity contribution in [3.05, 3.63) is 42.1 Å². The van der Waals surface area contributed by atoms with Crippen molar-refractivity contribution in [3.8, 4) is 0 Å². The minimum Gasteiger partial charge on any atom is -0.384 e. The van der Waals surface area contributed by atoms with Crippen LogP contribution in [0.4, 0.5) is 10.2 Å². The molecule has 6 nitrogen and oxygen atoms in total. The topological polar surface area (TPSA) is 102 Å². The zero-order chi connectivity index (χ0) is 18.3. The third kappa shape index (κ3) is 2.65. The average Bonchev–Trinajstić information content (AvgIpc) is 2.99. The molecule has 1 aliphatic rings. The Morgan fingerprint density at radius 3 is 2.58 bits per heavy atom. The van der Waals surface area contributed by atoms with Crippen LogP contribution in [0.2, 0.25) is 0 Å². The van der Waals surface area contributed by atoms with Gasteiger partial charge >= 0.3 is 0 Å². The summed E-state index contributed by atoms with van der Waals surface area (Å²) in [6.07, 6.45) is 6.80. The van der Waals surface area contributed by atoms with E-state index in [-0.39, 0.29) is 22.1 Å². The highest BCUT2D eigenvalue weighted by Crippen LogP contribution is 2.38. The Balaban J connectivity index is 1.92. The number of nitrogens with zero attached hydrogens (tertiary/aromatic N) is 2. The number of benzene rings is 1. The van der Waals surface area contributed by atoms with Gasteiger partial charge in [-0.3, -0.25) is 0 Å². The van der Waals surface area contributed by atoms with Gasteiger partial charge in [0.05, 0.1) is 11.2 Å². The molecule has 0 spiro atoms. The van der Waals surface area contributed by atoms with Crippen molar-refractivity contribution in [3.63, 3.8) is 0 Å². The van der Waals surface area contributed by atoms with Gasteiger partial charge in [-0.15, -0.1) is 0 Å². The first-order chi connectivity index (χ1) is 12.5. The molecule has 0 unspecified atom stereocenters. The normalized spacial score (nSPS) is 16.2. The molecule has 2 aromatic heterocycles. The molecule has 3 N–H and O–H groups in total. The molecule has 136 valence electrons. The summed E-state index contributed by atoms with van der Waals surface area (Å²) in [6, 6.07) is 5.26. The highest BCUT2D eigenvalue weighted by Gasteiger charge is 2.31. The van der Waals surface area contributed by atoms with Crippen LogP contribution in [-0.4, -0.2) is 23.4 Å². The highest BCUT2D eigenvalue weighted by atomic mass is 32.2. The molecular formula is C18H19FN4O2S. The first kappa shape index (κ1) is 17.0. The molecule has 0 aliphatic heterocycles. The van der Waals surface area contributed by atoms with Gasteiger partial charge < -0.3 is 10.7 Å². The van der Waals surface area contributed by atoms with E-state index in [9.17, 15) is 12.8 Å². The molecule has 0 radical (unpaired) electrons. The monoisotopic (exact) mass is 374 g/mol. The van der Waals surface area contributed by atoms with Gasteiger partial charge in [0.1, 0.15) is 33.3 Å². The van der Waals surface area contributed by atoms with Crippen molar-refractivity contribution < 1.29 is 12.8 Å². The quantitative estimate of drug-likeness (QED) is 0.730. The molecule has 1 fully saturated rings. The Morgan fingerprint density at radius 1 is 1.12 bits per heavy atom. The number of fused-ring (bicyclic) bond motifs is 1. The summed E-state index contributed by atoms with van der Waals surface area (Å²) in [4.78, 5) is 10.9. The maximum atomic E-state index is 14.1. The average molecular weight is 374 g/mol. The summed E-state index contributed by atoms with van der Waals surface area (Å²) < 4.78 is 40.2. The number of nitrogen functional groups attached to an aromatic ring is 1. The van der Waals surface area contributed by atoms with E-state index in [4.69, 9.17) is 5.73 Å². The lowest BCUT2D eigenvalue weighted by atomic mass is 9.86. The second kappa shape index (κ2) is 6.35. The number of hydrogen-bond acceptors (Lipinski definition) is 5. The number of nitrogens with two attached hydrogens (primary N) is 1. The number of halogens is 1. The lowest BCUT2D eigenvalue weighted by molar-refractivity contribution is 0.438. The van der Waals surface area contributed by atoms with Gasteiger partial charge in [-0.05, 0) is 25.0 Å². The van der Waals surface area contributed by atoms with E-state index in [0.29, 0.717) is 5.52 Å². The van der Waals surface area contributed by atoms with Crippen LogP contribution < -0.4 is 5.73 Å². The fourth-order valence-corrected chi connectivity index (χ4v) is 5.30. The Bertz CT molecular complexity index is 1070. The van der Waals surface area contributed by atoms with Crippen LogP contribution in [0.3, 0.4) is 0 Å². The molecule has 26 heavy (non-hydrogen) atoms. The maximum absolute atomic E-state index is 14.1. The lowest BCUT2D eigenvalue weighted by Crippen LogP contribution is -2.08. The Labute approximate surface area is 150 Å². The molecule has 0 bridgehead atoms. The molecule has 0 atom stereocenters. The SMILES string of the molecule is Nc1[nH]c2c(C3CCCCC3)ncnc2c1S(=O)(=O)c1ccccc1F. The molecule has 8 heteroatoms. The molecule has 0 saturated heterocycles. The molecule has 0 amide bonds.